The summed E-state index contributed by atoms with van der Waals surface area (Å²) in [5.41, 5.74) is -0.263. The molecule has 0 spiro atoms. The Morgan fingerprint density at radius 2 is 1.91 bits per heavy atom. The first-order valence-corrected chi connectivity index (χ1v) is 11.4. The van der Waals surface area contributed by atoms with Crippen LogP contribution in [0.4, 0.5) is 13.2 Å². The molecule has 6 nitrogen and oxygen atoms in total. The molecule has 34 heavy (non-hydrogen) atoms. The molecule has 1 aliphatic heterocycles. The van der Waals surface area contributed by atoms with Crippen LogP contribution >= 0.6 is 0 Å². The van der Waals surface area contributed by atoms with Gasteiger partial charge in [0, 0.05) is 25.1 Å². The number of amides is 2. The van der Waals surface area contributed by atoms with E-state index in [0.29, 0.717) is 44.1 Å². The Morgan fingerprint density at radius 3 is 2.56 bits per heavy atom. The molecule has 3 rings (SSSR count). The number of hydrogen-bond acceptors (Lipinski definition) is 4. The van der Waals surface area contributed by atoms with Crippen molar-refractivity contribution in [1.82, 2.24) is 10.2 Å². The lowest BCUT2D eigenvalue weighted by Gasteiger charge is -2.26. The van der Waals surface area contributed by atoms with Gasteiger partial charge in [0.2, 0.25) is 5.91 Å². The largest absolute Gasteiger partial charge is 0.490 e. The van der Waals surface area contributed by atoms with Crippen LogP contribution in [-0.2, 0) is 11.0 Å². The minimum Gasteiger partial charge on any atom is -0.490 e. The number of likely N-dealkylation sites (tertiary alicyclic amines) is 1. The summed E-state index contributed by atoms with van der Waals surface area (Å²) in [4.78, 5) is 26.8. The van der Waals surface area contributed by atoms with Crippen LogP contribution in [0.15, 0.2) is 42.5 Å². The second kappa shape index (κ2) is 11.3. The predicted molar refractivity (Wildman–Crippen MR) is 121 cm³/mol. The van der Waals surface area contributed by atoms with Gasteiger partial charge in [-0.1, -0.05) is 19.1 Å². The zero-order chi connectivity index (χ0) is 24.7. The van der Waals surface area contributed by atoms with Gasteiger partial charge in [-0.2, -0.15) is 13.2 Å². The summed E-state index contributed by atoms with van der Waals surface area (Å²) >= 11 is 0. The number of benzene rings is 2. The van der Waals surface area contributed by atoms with Crippen molar-refractivity contribution in [3.8, 4) is 11.5 Å². The van der Waals surface area contributed by atoms with Gasteiger partial charge in [0.05, 0.1) is 24.8 Å². The molecule has 1 unspecified atom stereocenters. The number of nitrogens with zero attached hydrogens (tertiary/aromatic N) is 1. The van der Waals surface area contributed by atoms with E-state index in [1.54, 1.807) is 23.1 Å². The summed E-state index contributed by atoms with van der Waals surface area (Å²) in [7, 11) is 0. The van der Waals surface area contributed by atoms with Crippen molar-refractivity contribution in [3.05, 3.63) is 59.2 Å². The molecule has 0 bridgehead atoms. The van der Waals surface area contributed by atoms with E-state index in [2.05, 4.69) is 5.32 Å². The van der Waals surface area contributed by atoms with E-state index in [9.17, 15) is 22.8 Å². The predicted octanol–water partition coefficient (Wildman–Crippen LogP) is 4.99. The smallest absolute Gasteiger partial charge is 0.416 e. The summed E-state index contributed by atoms with van der Waals surface area (Å²) < 4.78 is 51.1. The van der Waals surface area contributed by atoms with E-state index in [1.807, 2.05) is 13.8 Å². The van der Waals surface area contributed by atoms with Crippen molar-refractivity contribution in [1.29, 1.82) is 0 Å². The van der Waals surface area contributed by atoms with Crippen LogP contribution in [0.25, 0.3) is 0 Å². The zero-order valence-corrected chi connectivity index (χ0v) is 19.3. The number of carbonyl (C=O) groups is 2. The molecule has 0 aromatic heterocycles. The van der Waals surface area contributed by atoms with Crippen LogP contribution in [0.2, 0.25) is 0 Å². The lowest BCUT2D eigenvalue weighted by atomic mass is 10.0. The molecule has 0 aliphatic carbocycles. The van der Waals surface area contributed by atoms with E-state index < -0.39 is 23.7 Å². The Hall–Kier alpha value is -3.23. The SMILES string of the molecule is CCCOc1ccc(C(=O)NC(CN2CCCC2=O)c2cccc(C(F)(F)F)c2)cc1OCC. The number of halogens is 3. The fraction of sp³-hybridized carbons (Fsp3) is 0.440. The monoisotopic (exact) mass is 478 g/mol. The fourth-order valence-corrected chi connectivity index (χ4v) is 3.77. The standard InChI is InChI=1S/C25H29F3N2O4/c1-3-13-34-21-11-10-18(15-22(21)33-4-2)24(32)29-20(16-30-12-6-9-23(30)31)17-7-5-8-19(14-17)25(26,27)28/h5,7-8,10-11,14-15,20H,3-4,6,9,12-13,16H2,1-2H3,(H,29,32). The van der Waals surface area contributed by atoms with Gasteiger partial charge in [0.25, 0.3) is 5.91 Å². The number of nitrogens with one attached hydrogen (secondary N) is 1. The van der Waals surface area contributed by atoms with Crippen LogP contribution in [-0.4, -0.2) is 43.0 Å². The van der Waals surface area contributed by atoms with Crippen LogP contribution < -0.4 is 14.8 Å². The second-order valence-electron chi connectivity index (χ2n) is 8.04. The Kier molecular flexibility index (Phi) is 8.41. The maximum Gasteiger partial charge on any atom is 0.416 e. The molecule has 0 saturated carbocycles. The first-order valence-electron chi connectivity index (χ1n) is 11.4. The third-order valence-corrected chi connectivity index (χ3v) is 5.46. The minimum absolute atomic E-state index is 0.0812. The highest BCUT2D eigenvalue weighted by Gasteiger charge is 2.32. The van der Waals surface area contributed by atoms with Gasteiger partial charge in [-0.3, -0.25) is 9.59 Å². The molecule has 1 atom stereocenters. The van der Waals surface area contributed by atoms with E-state index in [4.69, 9.17) is 9.47 Å². The number of hydrogen-bond donors (Lipinski definition) is 1. The van der Waals surface area contributed by atoms with Gasteiger partial charge >= 0.3 is 6.18 Å². The molecule has 1 aliphatic rings. The average molecular weight is 479 g/mol. The van der Waals surface area contributed by atoms with Crippen molar-refractivity contribution >= 4 is 11.8 Å². The Labute approximate surface area is 197 Å². The molecule has 2 aromatic rings. The van der Waals surface area contributed by atoms with Crippen LogP contribution in [0.5, 0.6) is 11.5 Å². The van der Waals surface area contributed by atoms with Gasteiger partial charge in [-0.05, 0) is 55.7 Å². The second-order valence-corrected chi connectivity index (χ2v) is 8.04. The molecular formula is C25H29F3N2O4. The molecule has 1 fully saturated rings. The summed E-state index contributed by atoms with van der Waals surface area (Å²) in [6.07, 6.45) is -2.64. The third-order valence-electron chi connectivity index (χ3n) is 5.46. The summed E-state index contributed by atoms with van der Waals surface area (Å²) in [5.74, 6) is 0.352. The maximum absolute atomic E-state index is 13.3. The quantitative estimate of drug-likeness (QED) is 0.523. The maximum atomic E-state index is 13.3. The normalized spacial score (nSPS) is 14.7. The number of alkyl halides is 3. The van der Waals surface area contributed by atoms with E-state index in [0.717, 1.165) is 18.6 Å². The first-order chi connectivity index (χ1) is 16.2. The minimum atomic E-state index is -4.52. The van der Waals surface area contributed by atoms with Crippen molar-refractivity contribution in [3.63, 3.8) is 0 Å². The van der Waals surface area contributed by atoms with Crippen LogP contribution in [0.1, 0.15) is 60.6 Å². The summed E-state index contributed by atoms with van der Waals surface area (Å²) in [6.45, 7) is 5.24. The van der Waals surface area contributed by atoms with E-state index >= 15 is 0 Å². The van der Waals surface area contributed by atoms with Crippen molar-refractivity contribution in [2.45, 2.75) is 45.3 Å². The topological polar surface area (TPSA) is 67.9 Å². The van der Waals surface area contributed by atoms with Crippen molar-refractivity contribution in [2.75, 3.05) is 26.3 Å². The summed E-state index contributed by atoms with van der Waals surface area (Å²) in [5, 5.41) is 2.81. The Morgan fingerprint density at radius 1 is 1.12 bits per heavy atom. The lowest BCUT2D eigenvalue weighted by Crippen LogP contribution is -2.38. The zero-order valence-electron chi connectivity index (χ0n) is 19.3. The molecule has 9 heteroatoms. The van der Waals surface area contributed by atoms with Gasteiger partial charge in [0.1, 0.15) is 0 Å². The highest BCUT2D eigenvalue weighted by molar-refractivity contribution is 5.95. The Balaban J connectivity index is 1.88. The summed E-state index contributed by atoms with van der Waals surface area (Å²) in [6, 6.07) is 8.76. The van der Waals surface area contributed by atoms with E-state index in [1.165, 1.54) is 12.1 Å². The Bertz CT molecular complexity index is 1010. The molecule has 2 amide bonds. The van der Waals surface area contributed by atoms with Crippen LogP contribution in [0.3, 0.4) is 0 Å². The molecule has 1 saturated heterocycles. The number of ether oxygens (including phenoxy) is 2. The highest BCUT2D eigenvalue weighted by atomic mass is 19.4. The molecule has 2 aromatic carbocycles. The van der Waals surface area contributed by atoms with E-state index in [-0.39, 0.29) is 23.6 Å². The molecule has 1 heterocycles. The van der Waals surface area contributed by atoms with Gasteiger partial charge in [-0.15, -0.1) is 0 Å². The average Bonchev–Trinajstić information content (AvgIpc) is 3.21. The van der Waals surface area contributed by atoms with Gasteiger partial charge < -0.3 is 19.7 Å². The molecule has 1 N–H and O–H groups in total. The fourth-order valence-electron chi connectivity index (χ4n) is 3.77. The third kappa shape index (κ3) is 6.42. The van der Waals surface area contributed by atoms with Crippen molar-refractivity contribution < 1.29 is 32.2 Å². The first kappa shape index (κ1) is 25.4. The highest BCUT2D eigenvalue weighted by Crippen LogP contribution is 2.32. The van der Waals surface area contributed by atoms with Gasteiger partial charge in [-0.25, -0.2) is 0 Å². The van der Waals surface area contributed by atoms with Crippen LogP contribution in [0, 0.1) is 0 Å². The lowest BCUT2D eigenvalue weighted by molar-refractivity contribution is -0.137. The molecular weight excluding hydrogens is 449 g/mol. The number of carbonyl (C=O) groups excluding carboxylic acids is 2. The molecule has 184 valence electrons. The number of rotatable bonds is 10. The van der Waals surface area contributed by atoms with Crippen molar-refractivity contribution in [2.24, 2.45) is 0 Å². The van der Waals surface area contributed by atoms with Gasteiger partial charge in [0.15, 0.2) is 11.5 Å². The molecule has 0 radical (unpaired) electrons.